The highest BCUT2D eigenvalue weighted by molar-refractivity contribution is 6.30. The van der Waals surface area contributed by atoms with E-state index in [0.717, 1.165) is 18.7 Å². The molecule has 0 aliphatic heterocycles. The van der Waals surface area contributed by atoms with Gasteiger partial charge in [-0.15, -0.1) is 13.2 Å². The Hall–Kier alpha value is -3.04. The zero-order valence-corrected chi connectivity index (χ0v) is 18.3. The predicted octanol–water partition coefficient (Wildman–Crippen LogP) is 5.80. The fourth-order valence-corrected chi connectivity index (χ4v) is 2.99. The van der Waals surface area contributed by atoms with E-state index in [1.807, 2.05) is 14.1 Å². The van der Waals surface area contributed by atoms with Crippen molar-refractivity contribution in [1.29, 1.82) is 0 Å². The molecule has 1 aromatic heterocycles. The second kappa shape index (κ2) is 10.5. The lowest BCUT2D eigenvalue weighted by Gasteiger charge is -2.14. The maximum Gasteiger partial charge on any atom is 0.573 e. The Morgan fingerprint density at radius 3 is 2.47 bits per heavy atom. The van der Waals surface area contributed by atoms with Crippen LogP contribution in [-0.4, -0.2) is 48.4 Å². The van der Waals surface area contributed by atoms with Crippen molar-refractivity contribution in [2.45, 2.75) is 12.8 Å². The highest BCUT2D eigenvalue weighted by Gasteiger charge is 2.31. The monoisotopic (exact) mass is 465 g/mol. The average molecular weight is 466 g/mol. The summed E-state index contributed by atoms with van der Waals surface area (Å²) < 4.78 is 41.9. The smallest absolute Gasteiger partial charge is 0.406 e. The van der Waals surface area contributed by atoms with Crippen molar-refractivity contribution in [1.82, 2.24) is 14.9 Å². The molecular weight excluding hydrogens is 443 g/mol. The third kappa shape index (κ3) is 7.58. The molecule has 0 radical (unpaired) electrons. The van der Waals surface area contributed by atoms with E-state index < -0.39 is 6.36 Å². The minimum absolute atomic E-state index is 0.318. The van der Waals surface area contributed by atoms with Crippen molar-refractivity contribution in [2.75, 3.05) is 37.8 Å². The van der Waals surface area contributed by atoms with Crippen LogP contribution in [0.15, 0.2) is 54.6 Å². The molecule has 2 aromatic carbocycles. The lowest BCUT2D eigenvalue weighted by Crippen LogP contribution is -2.17. The molecule has 0 atom stereocenters. The first kappa shape index (κ1) is 23.6. The maximum atomic E-state index is 12.6. The minimum Gasteiger partial charge on any atom is -0.406 e. The summed E-state index contributed by atoms with van der Waals surface area (Å²) >= 11 is 5.94. The van der Waals surface area contributed by atoms with E-state index in [1.165, 1.54) is 18.2 Å². The maximum absolute atomic E-state index is 12.6. The summed E-state index contributed by atoms with van der Waals surface area (Å²) in [7, 11) is 3.97. The van der Waals surface area contributed by atoms with Crippen LogP contribution in [0.3, 0.4) is 0 Å². The van der Waals surface area contributed by atoms with Gasteiger partial charge in [0.25, 0.3) is 0 Å². The Balaban J connectivity index is 1.88. The number of ether oxygens (including phenoxy) is 1. The number of aromatic nitrogens is 2. The minimum atomic E-state index is -4.77. The molecule has 1 heterocycles. The second-order valence-corrected chi connectivity index (χ2v) is 7.69. The summed E-state index contributed by atoms with van der Waals surface area (Å²) in [5, 5.41) is 6.95. The van der Waals surface area contributed by atoms with Gasteiger partial charge in [-0.3, -0.25) is 0 Å². The molecule has 170 valence electrons. The number of benzene rings is 2. The molecule has 10 heteroatoms. The van der Waals surface area contributed by atoms with E-state index >= 15 is 0 Å². The standard InChI is InChI=1S/C22H23ClF3N5O/c1-31(2)12-4-11-27-21-29-19(15-5-3-6-18(13-15)32-22(24,25)26)14-20(30-21)28-17-9-7-16(23)8-10-17/h3,5-10,13-14H,4,11-12H2,1-2H3,(H2,27,28,29,30). The van der Waals surface area contributed by atoms with Gasteiger partial charge in [0.1, 0.15) is 11.6 Å². The van der Waals surface area contributed by atoms with Crippen LogP contribution in [0.2, 0.25) is 5.02 Å². The molecular formula is C22H23ClF3N5O. The predicted molar refractivity (Wildman–Crippen MR) is 121 cm³/mol. The second-order valence-electron chi connectivity index (χ2n) is 7.25. The summed E-state index contributed by atoms with van der Waals surface area (Å²) in [4.78, 5) is 11.0. The molecule has 0 bridgehead atoms. The van der Waals surface area contributed by atoms with E-state index in [2.05, 4.69) is 30.2 Å². The first-order valence-electron chi connectivity index (χ1n) is 9.84. The molecule has 6 nitrogen and oxygen atoms in total. The summed E-state index contributed by atoms with van der Waals surface area (Å²) in [6.07, 6.45) is -3.90. The third-order valence-corrected chi connectivity index (χ3v) is 4.52. The van der Waals surface area contributed by atoms with Gasteiger partial charge in [0.2, 0.25) is 5.95 Å². The molecule has 0 fully saturated rings. The lowest BCUT2D eigenvalue weighted by atomic mass is 10.1. The number of rotatable bonds is 9. The van der Waals surface area contributed by atoms with Crippen molar-refractivity contribution in [3.05, 3.63) is 59.6 Å². The van der Waals surface area contributed by atoms with Gasteiger partial charge in [-0.1, -0.05) is 23.7 Å². The lowest BCUT2D eigenvalue weighted by molar-refractivity contribution is -0.274. The van der Waals surface area contributed by atoms with Gasteiger partial charge in [0.15, 0.2) is 0 Å². The zero-order chi connectivity index (χ0) is 23.1. The Labute approximate surface area is 189 Å². The van der Waals surface area contributed by atoms with Gasteiger partial charge in [-0.25, -0.2) is 4.98 Å². The van der Waals surface area contributed by atoms with E-state index in [1.54, 1.807) is 36.4 Å². The van der Waals surface area contributed by atoms with Crippen LogP contribution >= 0.6 is 11.6 Å². The molecule has 3 aromatic rings. The quantitative estimate of drug-likeness (QED) is 0.389. The summed E-state index contributed by atoms with van der Waals surface area (Å²) in [6.45, 7) is 1.53. The highest BCUT2D eigenvalue weighted by Crippen LogP contribution is 2.29. The van der Waals surface area contributed by atoms with Crippen LogP contribution < -0.4 is 15.4 Å². The van der Waals surface area contributed by atoms with Crippen LogP contribution in [0.5, 0.6) is 5.75 Å². The third-order valence-electron chi connectivity index (χ3n) is 4.27. The molecule has 0 amide bonds. The van der Waals surface area contributed by atoms with Crippen molar-refractivity contribution in [3.8, 4) is 17.0 Å². The number of anilines is 3. The molecule has 0 spiro atoms. The Kier molecular flexibility index (Phi) is 7.76. The Bertz CT molecular complexity index is 1030. The van der Waals surface area contributed by atoms with Gasteiger partial charge in [0.05, 0.1) is 5.69 Å². The fourth-order valence-electron chi connectivity index (χ4n) is 2.87. The molecule has 0 aliphatic carbocycles. The SMILES string of the molecule is CN(C)CCCNc1nc(Nc2ccc(Cl)cc2)cc(-c2cccc(OC(F)(F)F)c2)n1. The van der Waals surface area contributed by atoms with Crippen LogP contribution in [0, 0.1) is 0 Å². The van der Waals surface area contributed by atoms with E-state index in [9.17, 15) is 13.2 Å². The van der Waals surface area contributed by atoms with Crippen LogP contribution in [0.1, 0.15) is 6.42 Å². The van der Waals surface area contributed by atoms with E-state index in [4.69, 9.17) is 11.6 Å². The Morgan fingerprint density at radius 2 is 1.78 bits per heavy atom. The largest absolute Gasteiger partial charge is 0.573 e. The summed E-state index contributed by atoms with van der Waals surface area (Å²) in [5.74, 6) is 0.524. The van der Waals surface area contributed by atoms with Crippen molar-refractivity contribution < 1.29 is 17.9 Å². The van der Waals surface area contributed by atoms with Gasteiger partial charge < -0.3 is 20.3 Å². The fraction of sp³-hybridized carbons (Fsp3) is 0.273. The van der Waals surface area contributed by atoms with Crippen molar-refractivity contribution >= 4 is 29.1 Å². The molecule has 0 aliphatic rings. The molecule has 0 saturated carbocycles. The summed E-state index contributed by atoms with van der Waals surface area (Å²) in [6, 6.07) is 14.4. The number of alkyl halides is 3. The molecule has 0 unspecified atom stereocenters. The van der Waals surface area contributed by atoms with E-state index in [0.29, 0.717) is 34.6 Å². The van der Waals surface area contributed by atoms with E-state index in [-0.39, 0.29) is 5.75 Å². The summed E-state index contributed by atoms with van der Waals surface area (Å²) in [5.41, 5.74) is 1.66. The first-order chi connectivity index (χ1) is 15.2. The Morgan fingerprint density at radius 1 is 1.03 bits per heavy atom. The number of nitrogens with zero attached hydrogens (tertiary/aromatic N) is 3. The molecule has 32 heavy (non-hydrogen) atoms. The molecule has 0 saturated heterocycles. The van der Waals surface area contributed by atoms with Crippen LogP contribution in [0.4, 0.5) is 30.6 Å². The van der Waals surface area contributed by atoms with Crippen LogP contribution in [0.25, 0.3) is 11.3 Å². The normalized spacial score (nSPS) is 11.5. The number of nitrogens with one attached hydrogen (secondary N) is 2. The number of hydrogen-bond acceptors (Lipinski definition) is 6. The number of hydrogen-bond donors (Lipinski definition) is 2. The molecule has 3 rings (SSSR count). The average Bonchev–Trinajstić information content (AvgIpc) is 2.72. The highest BCUT2D eigenvalue weighted by atomic mass is 35.5. The van der Waals surface area contributed by atoms with Gasteiger partial charge in [-0.2, -0.15) is 4.98 Å². The van der Waals surface area contributed by atoms with Crippen molar-refractivity contribution in [3.63, 3.8) is 0 Å². The van der Waals surface area contributed by atoms with Crippen molar-refractivity contribution in [2.24, 2.45) is 0 Å². The topological polar surface area (TPSA) is 62.3 Å². The van der Waals surface area contributed by atoms with Gasteiger partial charge in [0, 0.05) is 28.9 Å². The number of halogens is 4. The van der Waals surface area contributed by atoms with Crippen LogP contribution in [-0.2, 0) is 0 Å². The zero-order valence-electron chi connectivity index (χ0n) is 17.6. The van der Waals surface area contributed by atoms with Gasteiger partial charge in [-0.05, 0) is 63.5 Å². The van der Waals surface area contributed by atoms with Gasteiger partial charge >= 0.3 is 6.36 Å². The first-order valence-corrected chi connectivity index (χ1v) is 10.2. The molecule has 2 N–H and O–H groups in total.